The van der Waals surface area contributed by atoms with Crippen LogP contribution >= 0.6 is 0 Å². The highest BCUT2D eigenvalue weighted by molar-refractivity contribution is 7.89. The maximum absolute atomic E-state index is 12.3. The number of amides is 1. The van der Waals surface area contributed by atoms with Crippen LogP contribution in [0.15, 0.2) is 59.5 Å². The molecule has 0 aliphatic rings. The summed E-state index contributed by atoms with van der Waals surface area (Å²) in [5.74, 6) is -0.0427. The second kappa shape index (κ2) is 10.1. The summed E-state index contributed by atoms with van der Waals surface area (Å²) >= 11 is 0. The van der Waals surface area contributed by atoms with Crippen molar-refractivity contribution in [1.29, 1.82) is 0 Å². The molecule has 0 saturated carbocycles. The van der Waals surface area contributed by atoms with Crippen molar-refractivity contribution in [3.63, 3.8) is 0 Å². The first-order valence-corrected chi connectivity index (χ1v) is 10.4. The van der Waals surface area contributed by atoms with Gasteiger partial charge in [-0.2, -0.15) is 0 Å². The van der Waals surface area contributed by atoms with Crippen molar-refractivity contribution in [2.24, 2.45) is 0 Å². The van der Waals surface area contributed by atoms with E-state index in [2.05, 4.69) is 17.0 Å². The number of rotatable bonds is 10. The monoisotopic (exact) mass is 374 g/mol. The standard InChI is InChI=1S/C20H26N2O3S/c1-2-3-4-8-11-20(23)22-18-12-14-19(15-13-18)26(24,25)21-16-17-9-6-5-7-10-17/h5-7,9-10,12-15,21H,2-4,8,11,16H2,1H3,(H,22,23). The van der Waals surface area contributed by atoms with Crippen LogP contribution in [-0.4, -0.2) is 14.3 Å². The number of unbranched alkanes of at least 4 members (excludes halogenated alkanes) is 3. The average molecular weight is 375 g/mol. The molecule has 26 heavy (non-hydrogen) atoms. The molecule has 0 aliphatic carbocycles. The molecule has 6 heteroatoms. The molecule has 140 valence electrons. The van der Waals surface area contributed by atoms with Gasteiger partial charge in [-0.1, -0.05) is 56.5 Å². The van der Waals surface area contributed by atoms with Gasteiger partial charge in [0.15, 0.2) is 0 Å². The van der Waals surface area contributed by atoms with E-state index in [1.165, 1.54) is 12.1 Å². The molecule has 0 atom stereocenters. The molecule has 0 spiro atoms. The van der Waals surface area contributed by atoms with E-state index in [0.29, 0.717) is 12.1 Å². The Balaban J connectivity index is 1.88. The Labute approximate surface area is 155 Å². The lowest BCUT2D eigenvalue weighted by Crippen LogP contribution is -2.23. The second-order valence-corrected chi connectivity index (χ2v) is 7.96. The van der Waals surface area contributed by atoms with Gasteiger partial charge in [0, 0.05) is 18.7 Å². The zero-order chi connectivity index (χ0) is 18.8. The van der Waals surface area contributed by atoms with E-state index in [1.54, 1.807) is 12.1 Å². The Morgan fingerprint density at radius 1 is 0.923 bits per heavy atom. The third-order valence-electron chi connectivity index (χ3n) is 4.01. The van der Waals surface area contributed by atoms with Gasteiger partial charge in [0.05, 0.1) is 4.90 Å². The van der Waals surface area contributed by atoms with Crippen molar-refractivity contribution in [3.8, 4) is 0 Å². The number of benzene rings is 2. The Kier molecular flexibility index (Phi) is 7.81. The van der Waals surface area contributed by atoms with Crippen LogP contribution in [0.2, 0.25) is 0 Å². The van der Waals surface area contributed by atoms with E-state index < -0.39 is 10.0 Å². The Hall–Kier alpha value is -2.18. The van der Waals surface area contributed by atoms with Crippen LogP contribution in [-0.2, 0) is 21.4 Å². The van der Waals surface area contributed by atoms with E-state index >= 15 is 0 Å². The molecule has 0 aromatic heterocycles. The van der Waals surface area contributed by atoms with Crippen molar-refractivity contribution in [1.82, 2.24) is 4.72 Å². The molecule has 2 aromatic rings. The number of anilines is 1. The molecule has 5 nitrogen and oxygen atoms in total. The Morgan fingerprint density at radius 2 is 1.62 bits per heavy atom. The number of carbonyl (C=O) groups is 1. The minimum absolute atomic E-state index is 0.0427. The molecule has 2 rings (SSSR count). The van der Waals surface area contributed by atoms with E-state index in [0.717, 1.165) is 31.2 Å². The third-order valence-corrected chi connectivity index (χ3v) is 5.43. The molecule has 0 bridgehead atoms. The van der Waals surface area contributed by atoms with Gasteiger partial charge in [0.25, 0.3) is 0 Å². The minimum atomic E-state index is -3.59. The highest BCUT2D eigenvalue weighted by atomic mass is 32.2. The zero-order valence-corrected chi connectivity index (χ0v) is 15.9. The fraction of sp³-hybridized carbons (Fsp3) is 0.350. The van der Waals surface area contributed by atoms with Gasteiger partial charge < -0.3 is 5.32 Å². The molecule has 0 radical (unpaired) electrons. The topological polar surface area (TPSA) is 75.3 Å². The van der Waals surface area contributed by atoms with Crippen molar-refractivity contribution < 1.29 is 13.2 Å². The van der Waals surface area contributed by atoms with Crippen LogP contribution in [0.25, 0.3) is 0 Å². The summed E-state index contributed by atoms with van der Waals surface area (Å²) in [7, 11) is -3.59. The van der Waals surface area contributed by atoms with E-state index in [4.69, 9.17) is 0 Å². The van der Waals surface area contributed by atoms with Crippen LogP contribution in [0.1, 0.15) is 44.6 Å². The maximum Gasteiger partial charge on any atom is 0.240 e. The molecule has 2 aromatic carbocycles. The number of hydrogen-bond donors (Lipinski definition) is 2. The minimum Gasteiger partial charge on any atom is -0.326 e. The zero-order valence-electron chi connectivity index (χ0n) is 15.1. The van der Waals surface area contributed by atoms with Crippen LogP contribution in [0, 0.1) is 0 Å². The molecular formula is C20H26N2O3S. The van der Waals surface area contributed by atoms with Gasteiger partial charge in [-0.25, -0.2) is 13.1 Å². The van der Waals surface area contributed by atoms with Crippen molar-refractivity contribution in [3.05, 3.63) is 60.2 Å². The van der Waals surface area contributed by atoms with Gasteiger partial charge in [0.2, 0.25) is 15.9 Å². The lowest BCUT2D eigenvalue weighted by atomic mass is 10.1. The molecule has 0 saturated heterocycles. The molecule has 2 N–H and O–H groups in total. The first-order chi connectivity index (χ1) is 12.5. The van der Waals surface area contributed by atoms with Crippen LogP contribution in [0.3, 0.4) is 0 Å². The fourth-order valence-corrected chi connectivity index (χ4v) is 3.53. The van der Waals surface area contributed by atoms with E-state index in [1.807, 2.05) is 30.3 Å². The Bertz CT molecular complexity index is 788. The molecule has 0 aliphatic heterocycles. The number of sulfonamides is 1. The third kappa shape index (κ3) is 6.61. The van der Waals surface area contributed by atoms with Crippen LogP contribution in [0.4, 0.5) is 5.69 Å². The van der Waals surface area contributed by atoms with Crippen molar-refractivity contribution >= 4 is 21.6 Å². The van der Waals surface area contributed by atoms with E-state index in [-0.39, 0.29) is 17.3 Å². The average Bonchev–Trinajstić information content (AvgIpc) is 2.65. The number of hydrogen-bond acceptors (Lipinski definition) is 3. The molecule has 1 amide bonds. The summed E-state index contributed by atoms with van der Waals surface area (Å²) in [5, 5.41) is 2.80. The highest BCUT2D eigenvalue weighted by Gasteiger charge is 2.13. The summed E-state index contributed by atoms with van der Waals surface area (Å²) in [5.41, 5.74) is 1.50. The van der Waals surface area contributed by atoms with E-state index in [9.17, 15) is 13.2 Å². The summed E-state index contributed by atoms with van der Waals surface area (Å²) in [6.45, 7) is 2.36. The normalized spacial score (nSPS) is 11.3. The quantitative estimate of drug-likeness (QED) is 0.616. The first-order valence-electron chi connectivity index (χ1n) is 8.95. The summed E-state index contributed by atoms with van der Waals surface area (Å²) in [4.78, 5) is 12.1. The smallest absolute Gasteiger partial charge is 0.240 e. The predicted molar refractivity (Wildman–Crippen MR) is 104 cm³/mol. The predicted octanol–water partition coefficient (Wildman–Crippen LogP) is 4.07. The van der Waals surface area contributed by atoms with Crippen molar-refractivity contribution in [2.45, 2.75) is 50.5 Å². The van der Waals surface area contributed by atoms with Gasteiger partial charge >= 0.3 is 0 Å². The largest absolute Gasteiger partial charge is 0.326 e. The van der Waals surface area contributed by atoms with Gasteiger partial charge in [-0.3, -0.25) is 4.79 Å². The Morgan fingerprint density at radius 3 is 2.27 bits per heavy atom. The summed E-state index contributed by atoms with van der Waals surface area (Å²) in [6.07, 6.45) is 4.67. The summed E-state index contributed by atoms with van der Waals surface area (Å²) < 4.78 is 27.3. The van der Waals surface area contributed by atoms with Crippen LogP contribution in [0.5, 0.6) is 0 Å². The second-order valence-electron chi connectivity index (χ2n) is 6.19. The SMILES string of the molecule is CCCCCCC(=O)Nc1ccc(S(=O)(=O)NCc2ccccc2)cc1. The fourth-order valence-electron chi connectivity index (χ4n) is 2.51. The number of carbonyl (C=O) groups excluding carboxylic acids is 1. The molecule has 0 unspecified atom stereocenters. The van der Waals surface area contributed by atoms with Gasteiger partial charge in [-0.15, -0.1) is 0 Å². The van der Waals surface area contributed by atoms with Crippen LogP contribution < -0.4 is 10.0 Å². The summed E-state index contributed by atoms with van der Waals surface area (Å²) in [6, 6.07) is 15.6. The van der Waals surface area contributed by atoms with Gasteiger partial charge in [0.1, 0.15) is 0 Å². The van der Waals surface area contributed by atoms with Crippen molar-refractivity contribution in [2.75, 3.05) is 5.32 Å². The number of nitrogens with one attached hydrogen (secondary N) is 2. The lowest BCUT2D eigenvalue weighted by Gasteiger charge is -2.09. The first kappa shape index (κ1) is 20.1. The molecule has 0 heterocycles. The maximum atomic E-state index is 12.3. The molecule has 0 fully saturated rings. The van der Waals surface area contributed by atoms with Gasteiger partial charge in [-0.05, 0) is 36.2 Å². The lowest BCUT2D eigenvalue weighted by molar-refractivity contribution is -0.116. The highest BCUT2D eigenvalue weighted by Crippen LogP contribution is 2.15. The molecular weight excluding hydrogens is 348 g/mol.